The van der Waals surface area contributed by atoms with Gasteiger partial charge in [-0.2, -0.15) is 18.3 Å². The van der Waals surface area contributed by atoms with Crippen LogP contribution >= 0.6 is 0 Å². The number of rotatable bonds is 8. The van der Waals surface area contributed by atoms with Gasteiger partial charge in [-0.25, -0.2) is 22.8 Å². The van der Waals surface area contributed by atoms with E-state index in [2.05, 4.69) is 21.8 Å². The minimum atomic E-state index is -4.36. The van der Waals surface area contributed by atoms with E-state index in [1.165, 1.54) is 46.9 Å². The first-order valence-electron chi connectivity index (χ1n) is 13.6. The summed E-state index contributed by atoms with van der Waals surface area (Å²) < 4.78 is 77.0. The Balaban J connectivity index is 1.45. The van der Waals surface area contributed by atoms with Gasteiger partial charge in [0.1, 0.15) is 22.7 Å². The molecule has 1 saturated carbocycles. The maximum atomic E-state index is 13.5. The van der Waals surface area contributed by atoms with Crippen molar-refractivity contribution in [2.75, 3.05) is 18.1 Å². The Labute approximate surface area is 242 Å². The number of nitrogens with zero attached hydrogens (tertiary/aromatic N) is 6. The number of hydrogen-bond donors (Lipinski definition) is 1. The van der Waals surface area contributed by atoms with Gasteiger partial charge in [-0.15, -0.1) is 5.10 Å². The van der Waals surface area contributed by atoms with Crippen molar-refractivity contribution < 1.29 is 31.1 Å². The molecule has 15 heteroatoms. The second-order valence-corrected chi connectivity index (χ2v) is 13.6. The number of alkyl halides is 3. The normalized spacial score (nSPS) is 19.9. The summed E-state index contributed by atoms with van der Waals surface area (Å²) in [5, 5.41) is 8.32. The first-order chi connectivity index (χ1) is 19.5. The molecule has 2 aliphatic rings. The van der Waals surface area contributed by atoms with Gasteiger partial charge in [-0.1, -0.05) is 13.3 Å². The van der Waals surface area contributed by atoms with Crippen LogP contribution in [0.15, 0.2) is 35.5 Å². The van der Waals surface area contributed by atoms with E-state index < -0.39 is 39.7 Å². The predicted octanol–water partition coefficient (Wildman–Crippen LogP) is 4.16. The van der Waals surface area contributed by atoms with E-state index in [-0.39, 0.29) is 52.4 Å². The molecule has 42 heavy (non-hydrogen) atoms. The van der Waals surface area contributed by atoms with Crippen LogP contribution in [0.4, 0.5) is 19.0 Å². The highest BCUT2D eigenvalue weighted by Gasteiger charge is 2.59. The van der Waals surface area contributed by atoms with Gasteiger partial charge >= 0.3 is 6.18 Å². The van der Waals surface area contributed by atoms with Gasteiger partial charge in [0.2, 0.25) is 5.88 Å². The van der Waals surface area contributed by atoms with Crippen molar-refractivity contribution in [2.45, 2.75) is 70.0 Å². The van der Waals surface area contributed by atoms with E-state index in [9.17, 15) is 26.4 Å². The largest absolute Gasteiger partial charge is 0.476 e. The number of ether oxygens (including phenoxy) is 1. The van der Waals surface area contributed by atoms with Crippen molar-refractivity contribution in [1.82, 2.24) is 29.3 Å². The lowest BCUT2D eigenvalue weighted by atomic mass is 9.69. The van der Waals surface area contributed by atoms with Gasteiger partial charge in [-0.3, -0.25) is 9.48 Å². The fourth-order valence-corrected chi connectivity index (χ4v) is 7.00. The molecule has 1 N–H and O–H groups in total. The Kier molecular flexibility index (Phi) is 7.31. The molecular weight excluding hydrogens is 575 g/mol. The summed E-state index contributed by atoms with van der Waals surface area (Å²) in [6.07, 6.45) is -0.180. The maximum absolute atomic E-state index is 13.5. The summed E-state index contributed by atoms with van der Waals surface area (Å²) >= 11 is 0. The van der Waals surface area contributed by atoms with Crippen LogP contribution in [0.3, 0.4) is 0 Å². The first kappa shape index (κ1) is 29.9. The molecule has 2 fully saturated rings. The molecule has 3 aromatic rings. The molecule has 1 aliphatic carbocycles. The fourth-order valence-electron chi connectivity index (χ4n) is 5.82. The lowest BCUT2D eigenvalue weighted by molar-refractivity contribution is -0.259. The molecule has 0 unspecified atom stereocenters. The van der Waals surface area contributed by atoms with Crippen molar-refractivity contribution in [2.24, 2.45) is 18.4 Å². The SMILES string of the molecule is Cc1nn(C)cc1S(=O)(=O)NC(=O)c1ccc(-n2ccc(OCC3(C(F)(F)F)CCC3)n2)nc1N1C[C@@H](C)CC1(C)C. The summed E-state index contributed by atoms with van der Waals surface area (Å²) in [6, 6.07) is 4.41. The highest BCUT2D eigenvalue weighted by molar-refractivity contribution is 7.90. The lowest BCUT2D eigenvalue weighted by Gasteiger charge is -2.42. The summed E-state index contributed by atoms with van der Waals surface area (Å²) in [6.45, 7) is 7.69. The number of halogens is 3. The number of anilines is 1. The minimum absolute atomic E-state index is 0.0174. The van der Waals surface area contributed by atoms with E-state index in [0.717, 1.165) is 6.42 Å². The second kappa shape index (κ2) is 10.3. The monoisotopic (exact) mass is 609 g/mol. The quantitative estimate of drug-likeness (QED) is 0.404. The third kappa shape index (κ3) is 5.45. The predicted molar refractivity (Wildman–Crippen MR) is 147 cm³/mol. The molecule has 4 heterocycles. The molecule has 11 nitrogen and oxygen atoms in total. The topological polar surface area (TPSA) is 124 Å². The van der Waals surface area contributed by atoms with Gasteiger partial charge < -0.3 is 9.64 Å². The van der Waals surface area contributed by atoms with Crippen LogP contribution in [0.2, 0.25) is 0 Å². The summed E-state index contributed by atoms with van der Waals surface area (Å²) in [5.41, 5.74) is -1.96. The highest BCUT2D eigenvalue weighted by Crippen LogP contribution is 2.53. The second-order valence-electron chi connectivity index (χ2n) is 12.0. The van der Waals surface area contributed by atoms with Crippen LogP contribution in [0.25, 0.3) is 5.82 Å². The zero-order chi connectivity index (χ0) is 30.7. The van der Waals surface area contributed by atoms with Crippen LogP contribution in [-0.4, -0.2) is 63.7 Å². The molecule has 228 valence electrons. The summed E-state index contributed by atoms with van der Waals surface area (Å²) in [5.74, 6) is -0.0121. The minimum Gasteiger partial charge on any atom is -0.476 e. The third-order valence-electron chi connectivity index (χ3n) is 8.13. The van der Waals surface area contributed by atoms with E-state index in [1.807, 2.05) is 18.7 Å². The number of sulfonamides is 1. The molecular formula is C27H34F3N7O4S. The van der Waals surface area contributed by atoms with E-state index in [1.54, 1.807) is 7.05 Å². The van der Waals surface area contributed by atoms with Crippen molar-refractivity contribution in [3.63, 3.8) is 0 Å². The number of pyridine rings is 1. The Hall–Kier alpha value is -3.62. The highest BCUT2D eigenvalue weighted by atomic mass is 32.2. The number of carbonyl (C=O) groups is 1. The molecule has 1 atom stereocenters. The third-order valence-corrected chi connectivity index (χ3v) is 9.56. The van der Waals surface area contributed by atoms with E-state index in [0.29, 0.717) is 13.0 Å². The number of aryl methyl sites for hydroxylation is 2. The maximum Gasteiger partial charge on any atom is 0.397 e. The Morgan fingerprint density at radius 1 is 1.19 bits per heavy atom. The van der Waals surface area contributed by atoms with Crippen LogP contribution in [-0.2, 0) is 17.1 Å². The summed E-state index contributed by atoms with van der Waals surface area (Å²) in [7, 11) is -2.64. The van der Waals surface area contributed by atoms with Crippen molar-refractivity contribution in [3.8, 4) is 11.7 Å². The zero-order valence-electron chi connectivity index (χ0n) is 24.1. The average Bonchev–Trinajstić information content (AvgIpc) is 3.53. The zero-order valence-corrected chi connectivity index (χ0v) is 24.9. The summed E-state index contributed by atoms with van der Waals surface area (Å²) in [4.78, 5) is 20.0. The van der Waals surface area contributed by atoms with Gasteiger partial charge in [0.15, 0.2) is 5.82 Å². The fraction of sp³-hybridized carbons (Fsp3) is 0.556. The number of aromatic nitrogens is 5. The van der Waals surface area contributed by atoms with Gasteiger partial charge in [-0.05, 0) is 58.1 Å². The number of amides is 1. The Bertz CT molecular complexity index is 1610. The number of carbonyl (C=O) groups excluding carboxylic acids is 1. The molecule has 1 amide bonds. The van der Waals surface area contributed by atoms with Crippen LogP contribution in [0.1, 0.15) is 62.5 Å². The molecule has 0 bridgehead atoms. The molecule has 3 aromatic heterocycles. The standard InChI is InChI=1S/C27H34F3N7O4S/c1-17-13-25(3,4)36(14-17)23-19(24(38)34-42(39,40)20-15-35(5)32-18(20)2)7-8-21(31-23)37-12-9-22(33-37)41-16-26(10-6-11-26)27(28,29)30/h7-9,12,15,17H,6,10-11,13-14,16H2,1-5H3,(H,34,38)/t17-/m0/s1. The molecule has 0 spiro atoms. The molecule has 0 radical (unpaired) electrons. The molecule has 1 aliphatic heterocycles. The molecule has 5 rings (SSSR count). The molecule has 0 aromatic carbocycles. The van der Waals surface area contributed by atoms with E-state index >= 15 is 0 Å². The van der Waals surface area contributed by atoms with Gasteiger partial charge in [0.25, 0.3) is 15.9 Å². The Morgan fingerprint density at radius 3 is 2.45 bits per heavy atom. The van der Waals surface area contributed by atoms with Gasteiger partial charge in [0.05, 0.1) is 11.3 Å². The molecule has 1 saturated heterocycles. The average molecular weight is 610 g/mol. The van der Waals surface area contributed by atoms with Crippen LogP contribution in [0, 0.1) is 18.3 Å². The van der Waals surface area contributed by atoms with E-state index in [4.69, 9.17) is 9.72 Å². The van der Waals surface area contributed by atoms with Crippen molar-refractivity contribution in [1.29, 1.82) is 0 Å². The smallest absolute Gasteiger partial charge is 0.397 e. The van der Waals surface area contributed by atoms with Crippen molar-refractivity contribution in [3.05, 3.63) is 41.9 Å². The van der Waals surface area contributed by atoms with Crippen LogP contribution in [0.5, 0.6) is 5.88 Å². The van der Waals surface area contributed by atoms with Crippen molar-refractivity contribution >= 4 is 21.7 Å². The van der Waals surface area contributed by atoms with Crippen LogP contribution < -0.4 is 14.4 Å². The lowest BCUT2D eigenvalue weighted by Crippen LogP contribution is -2.48. The Morgan fingerprint density at radius 2 is 1.90 bits per heavy atom. The number of hydrogen-bond acceptors (Lipinski definition) is 8. The van der Waals surface area contributed by atoms with Gasteiger partial charge in [0, 0.05) is 37.6 Å². The number of nitrogens with one attached hydrogen (secondary N) is 1. The first-order valence-corrected chi connectivity index (χ1v) is 15.1.